The monoisotopic (exact) mass is 299 g/mol. The highest BCUT2D eigenvalue weighted by Crippen LogP contribution is 2.41. The molecule has 1 heterocycles. The van der Waals surface area contributed by atoms with Crippen LogP contribution in [0.15, 0.2) is 0 Å². The highest BCUT2D eigenvalue weighted by molar-refractivity contribution is 5.82. The fourth-order valence-corrected chi connectivity index (χ4v) is 3.04. The summed E-state index contributed by atoms with van der Waals surface area (Å²) in [7, 11) is 0. The summed E-state index contributed by atoms with van der Waals surface area (Å²) in [5, 5.41) is 3.42. The summed E-state index contributed by atoms with van der Waals surface area (Å²) in [5.74, 6) is 0.150. The lowest BCUT2D eigenvalue weighted by atomic mass is 9.93. The molecule has 0 amide bonds. The number of hydrogen-bond acceptors (Lipinski definition) is 5. The Morgan fingerprint density at radius 1 is 1.38 bits per heavy atom. The molecule has 1 saturated carbocycles. The molecule has 1 aliphatic heterocycles. The zero-order valence-corrected chi connectivity index (χ0v) is 13.5. The first-order chi connectivity index (χ1) is 10.1. The van der Waals surface area contributed by atoms with Crippen molar-refractivity contribution < 1.29 is 19.0 Å². The van der Waals surface area contributed by atoms with E-state index in [1.165, 1.54) is 0 Å². The number of carbonyl (C=O) groups excluding carboxylic acids is 1. The van der Waals surface area contributed by atoms with Crippen molar-refractivity contribution in [3.63, 3.8) is 0 Å². The zero-order valence-electron chi connectivity index (χ0n) is 13.5. The van der Waals surface area contributed by atoms with Gasteiger partial charge in [0.2, 0.25) is 0 Å². The van der Waals surface area contributed by atoms with Crippen molar-refractivity contribution in [3.05, 3.63) is 0 Å². The molecule has 0 spiro atoms. The molecule has 2 fully saturated rings. The van der Waals surface area contributed by atoms with E-state index in [-0.39, 0.29) is 18.1 Å². The number of hydrogen-bond donors (Lipinski definition) is 1. The van der Waals surface area contributed by atoms with Gasteiger partial charge in [0.05, 0.1) is 25.9 Å². The van der Waals surface area contributed by atoms with E-state index in [0.29, 0.717) is 25.7 Å². The third kappa shape index (κ3) is 4.41. The molecule has 2 rings (SSSR count). The minimum atomic E-state index is -0.692. The van der Waals surface area contributed by atoms with E-state index in [9.17, 15) is 4.79 Å². The Morgan fingerprint density at radius 2 is 2.14 bits per heavy atom. The summed E-state index contributed by atoms with van der Waals surface area (Å²) in [6.07, 6.45) is 4.45. The van der Waals surface area contributed by atoms with Crippen LogP contribution in [0, 0.1) is 5.92 Å². The van der Waals surface area contributed by atoms with Crippen LogP contribution in [0.3, 0.4) is 0 Å². The third-order valence-electron chi connectivity index (χ3n) is 4.12. The lowest BCUT2D eigenvalue weighted by Gasteiger charge is -2.34. The molecule has 2 unspecified atom stereocenters. The second-order valence-electron chi connectivity index (χ2n) is 6.42. The van der Waals surface area contributed by atoms with Crippen LogP contribution in [-0.2, 0) is 19.0 Å². The molecule has 5 heteroatoms. The third-order valence-corrected chi connectivity index (χ3v) is 4.12. The van der Waals surface area contributed by atoms with Crippen molar-refractivity contribution in [2.45, 2.75) is 64.1 Å². The SMILES string of the molecule is CCOC(=O)C(COCC1CCCO1)(NC(C)C)C1CC1. The normalized spacial score (nSPS) is 25.0. The lowest BCUT2D eigenvalue weighted by molar-refractivity contribution is -0.156. The summed E-state index contributed by atoms with van der Waals surface area (Å²) >= 11 is 0. The lowest BCUT2D eigenvalue weighted by Crippen LogP contribution is -2.60. The predicted molar refractivity (Wildman–Crippen MR) is 80.2 cm³/mol. The minimum absolute atomic E-state index is 0.173. The highest BCUT2D eigenvalue weighted by atomic mass is 16.5. The molecule has 0 bridgehead atoms. The van der Waals surface area contributed by atoms with Gasteiger partial charge < -0.3 is 14.2 Å². The van der Waals surface area contributed by atoms with Gasteiger partial charge in [-0.15, -0.1) is 0 Å². The van der Waals surface area contributed by atoms with Gasteiger partial charge in [-0.25, -0.2) is 4.79 Å². The van der Waals surface area contributed by atoms with Crippen LogP contribution in [0.1, 0.15) is 46.5 Å². The zero-order chi connectivity index (χ0) is 15.3. The van der Waals surface area contributed by atoms with Gasteiger partial charge in [0, 0.05) is 12.6 Å². The van der Waals surface area contributed by atoms with Gasteiger partial charge in [0.1, 0.15) is 5.54 Å². The molecule has 5 nitrogen and oxygen atoms in total. The van der Waals surface area contributed by atoms with E-state index in [0.717, 1.165) is 32.3 Å². The van der Waals surface area contributed by atoms with Gasteiger partial charge in [-0.2, -0.15) is 0 Å². The molecule has 2 aliphatic rings. The second-order valence-corrected chi connectivity index (χ2v) is 6.42. The van der Waals surface area contributed by atoms with Crippen LogP contribution in [-0.4, -0.2) is 50.1 Å². The smallest absolute Gasteiger partial charge is 0.329 e. The van der Waals surface area contributed by atoms with Gasteiger partial charge >= 0.3 is 5.97 Å². The first-order valence-corrected chi connectivity index (χ1v) is 8.22. The van der Waals surface area contributed by atoms with E-state index in [1.807, 2.05) is 6.92 Å². The number of carbonyl (C=O) groups is 1. The Balaban J connectivity index is 1.96. The molecular formula is C16H29NO4. The van der Waals surface area contributed by atoms with Gasteiger partial charge in [0.25, 0.3) is 0 Å². The molecule has 0 aromatic heterocycles. The first kappa shape index (κ1) is 16.7. The van der Waals surface area contributed by atoms with Crippen LogP contribution >= 0.6 is 0 Å². The average molecular weight is 299 g/mol. The Bertz CT molecular complexity index is 337. The predicted octanol–water partition coefficient (Wildman–Crippen LogP) is 1.89. The van der Waals surface area contributed by atoms with Crippen molar-refractivity contribution >= 4 is 5.97 Å². The number of ether oxygens (including phenoxy) is 3. The van der Waals surface area contributed by atoms with E-state index < -0.39 is 5.54 Å². The fourth-order valence-electron chi connectivity index (χ4n) is 3.04. The fraction of sp³-hybridized carbons (Fsp3) is 0.938. The van der Waals surface area contributed by atoms with Crippen molar-refractivity contribution in [1.29, 1.82) is 0 Å². The van der Waals surface area contributed by atoms with Crippen LogP contribution in [0.2, 0.25) is 0 Å². The topological polar surface area (TPSA) is 56.8 Å². The largest absolute Gasteiger partial charge is 0.465 e. The molecule has 0 aromatic carbocycles. The quantitative estimate of drug-likeness (QED) is 0.659. The Morgan fingerprint density at radius 3 is 2.67 bits per heavy atom. The summed E-state index contributed by atoms with van der Waals surface area (Å²) in [4.78, 5) is 12.5. The Labute approximate surface area is 127 Å². The molecule has 1 N–H and O–H groups in total. The van der Waals surface area contributed by atoms with Crippen molar-refractivity contribution in [1.82, 2.24) is 5.32 Å². The van der Waals surface area contributed by atoms with Crippen molar-refractivity contribution in [2.75, 3.05) is 26.4 Å². The summed E-state index contributed by atoms with van der Waals surface area (Å²) in [6, 6.07) is 0.210. The maximum absolute atomic E-state index is 12.5. The minimum Gasteiger partial charge on any atom is -0.465 e. The molecule has 122 valence electrons. The second kappa shape index (κ2) is 7.56. The summed E-state index contributed by atoms with van der Waals surface area (Å²) < 4.78 is 16.8. The molecule has 0 aromatic rings. The van der Waals surface area contributed by atoms with Crippen molar-refractivity contribution in [2.24, 2.45) is 5.92 Å². The maximum atomic E-state index is 12.5. The van der Waals surface area contributed by atoms with E-state index >= 15 is 0 Å². The van der Waals surface area contributed by atoms with Crippen LogP contribution in [0.4, 0.5) is 0 Å². The molecule has 21 heavy (non-hydrogen) atoms. The van der Waals surface area contributed by atoms with Crippen LogP contribution < -0.4 is 5.32 Å². The molecule has 2 atom stereocenters. The van der Waals surface area contributed by atoms with E-state index in [1.54, 1.807) is 0 Å². The van der Waals surface area contributed by atoms with Crippen LogP contribution in [0.25, 0.3) is 0 Å². The van der Waals surface area contributed by atoms with Gasteiger partial charge in [-0.3, -0.25) is 5.32 Å². The number of esters is 1. The molecule has 0 radical (unpaired) electrons. The maximum Gasteiger partial charge on any atom is 0.329 e. The first-order valence-electron chi connectivity index (χ1n) is 8.22. The summed E-state index contributed by atoms with van der Waals surface area (Å²) in [5.41, 5.74) is -0.692. The summed E-state index contributed by atoms with van der Waals surface area (Å²) in [6.45, 7) is 8.11. The van der Waals surface area contributed by atoms with Gasteiger partial charge in [-0.05, 0) is 52.4 Å². The molecule has 1 saturated heterocycles. The molecule has 1 aliphatic carbocycles. The van der Waals surface area contributed by atoms with Crippen molar-refractivity contribution in [3.8, 4) is 0 Å². The van der Waals surface area contributed by atoms with Gasteiger partial charge in [-0.1, -0.05) is 0 Å². The average Bonchev–Trinajstić information content (AvgIpc) is 3.16. The van der Waals surface area contributed by atoms with Crippen LogP contribution in [0.5, 0.6) is 0 Å². The highest BCUT2D eigenvalue weighted by Gasteiger charge is 2.52. The van der Waals surface area contributed by atoms with E-state index in [2.05, 4.69) is 19.2 Å². The molecular weight excluding hydrogens is 270 g/mol. The standard InChI is InChI=1S/C16H29NO4/c1-4-20-15(18)16(13-7-8-13,17-12(2)3)11-19-10-14-6-5-9-21-14/h12-14,17H,4-11H2,1-3H3. The Kier molecular flexibility index (Phi) is 6.02. The van der Waals surface area contributed by atoms with E-state index in [4.69, 9.17) is 14.2 Å². The number of nitrogens with one attached hydrogen (secondary N) is 1. The number of rotatable bonds is 9. The Hall–Kier alpha value is -0.650. The van der Waals surface area contributed by atoms with Gasteiger partial charge in [0.15, 0.2) is 0 Å².